The molecule has 0 atom stereocenters. The van der Waals surface area contributed by atoms with E-state index >= 15 is 0 Å². The first-order valence-corrected chi connectivity index (χ1v) is 6.02. The Morgan fingerprint density at radius 2 is 2.06 bits per heavy atom. The van der Waals surface area contributed by atoms with Gasteiger partial charge in [-0.2, -0.15) is 0 Å². The van der Waals surface area contributed by atoms with E-state index < -0.39 is 17.5 Å². The van der Waals surface area contributed by atoms with Crippen molar-refractivity contribution in [2.24, 2.45) is 0 Å². The van der Waals surface area contributed by atoms with E-state index in [1.165, 1.54) is 17.2 Å². The molecule has 0 N–H and O–H groups in total. The molecule has 5 heteroatoms. The predicted molar refractivity (Wildman–Crippen MR) is 68.2 cm³/mol. The second-order valence-electron chi connectivity index (χ2n) is 4.53. The lowest BCUT2D eigenvalue weighted by molar-refractivity contribution is 0.0871. The average Bonchev–Trinajstić information content (AvgIpc) is 2.55. The highest BCUT2D eigenvalue weighted by molar-refractivity contribution is 5.89. The van der Waals surface area contributed by atoms with Gasteiger partial charge in [-0.25, -0.2) is 14.2 Å². The molecule has 0 aliphatic carbocycles. The SMILES string of the molecule is CC.Cc1cnc(N2CC(C)(C)OC2=O)c(F)c1. The number of nitrogens with zero attached hydrogens (tertiary/aromatic N) is 2. The first-order chi connectivity index (χ1) is 8.39. The van der Waals surface area contributed by atoms with E-state index in [-0.39, 0.29) is 5.82 Å². The maximum absolute atomic E-state index is 13.6. The number of amides is 1. The van der Waals surface area contributed by atoms with Gasteiger partial charge in [0.2, 0.25) is 0 Å². The molecule has 2 heterocycles. The van der Waals surface area contributed by atoms with Crippen LogP contribution in [0.1, 0.15) is 33.3 Å². The summed E-state index contributed by atoms with van der Waals surface area (Å²) < 4.78 is 18.7. The quantitative estimate of drug-likeness (QED) is 0.772. The third-order valence-corrected chi connectivity index (χ3v) is 2.34. The highest BCUT2D eigenvalue weighted by Gasteiger charge is 2.40. The van der Waals surface area contributed by atoms with Gasteiger partial charge in [0.05, 0.1) is 6.54 Å². The van der Waals surface area contributed by atoms with Crippen LogP contribution in [-0.4, -0.2) is 23.2 Å². The van der Waals surface area contributed by atoms with Gasteiger partial charge in [0.1, 0.15) is 5.60 Å². The van der Waals surface area contributed by atoms with Crippen molar-refractivity contribution < 1.29 is 13.9 Å². The number of hydrogen-bond donors (Lipinski definition) is 0. The molecule has 1 saturated heterocycles. The lowest BCUT2D eigenvalue weighted by atomic mass is 10.1. The number of hydrogen-bond acceptors (Lipinski definition) is 3. The van der Waals surface area contributed by atoms with Crippen LogP contribution in [0.4, 0.5) is 15.0 Å². The van der Waals surface area contributed by atoms with Gasteiger partial charge in [0, 0.05) is 6.20 Å². The van der Waals surface area contributed by atoms with Crippen molar-refractivity contribution in [3.63, 3.8) is 0 Å². The standard InChI is InChI=1S/C11H13FN2O2.C2H6/c1-7-4-8(12)9(13-5-7)14-6-11(2,3)16-10(14)15;1-2/h4-5H,6H2,1-3H3;1-2H3. The fourth-order valence-corrected chi connectivity index (χ4v) is 1.66. The van der Waals surface area contributed by atoms with Gasteiger partial charge in [-0.1, -0.05) is 13.8 Å². The summed E-state index contributed by atoms with van der Waals surface area (Å²) in [4.78, 5) is 16.7. The lowest BCUT2D eigenvalue weighted by Gasteiger charge is -2.15. The minimum Gasteiger partial charge on any atom is -0.441 e. The van der Waals surface area contributed by atoms with Crippen molar-refractivity contribution >= 4 is 11.9 Å². The minimum absolute atomic E-state index is 0.0289. The molecule has 0 spiro atoms. The number of carbonyl (C=O) groups is 1. The van der Waals surface area contributed by atoms with Crippen molar-refractivity contribution in [3.8, 4) is 0 Å². The fraction of sp³-hybridized carbons (Fsp3) is 0.538. The molecule has 1 aromatic heterocycles. The smallest absolute Gasteiger partial charge is 0.416 e. The fourth-order valence-electron chi connectivity index (χ4n) is 1.66. The summed E-state index contributed by atoms with van der Waals surface area (Å²) in [5, 5.41) is 0. The number of halogens is 1. The zero-order chi connectivity index (χ0) is 13.9. The second-order valence-corrected chi connectivity index (χ2v) is 4.53. The van der Waals surface area contributed by atoms with Crippen molar-refractivity contribution in [1.82, 2.24) is 4.98 Å². The summed E-state index contributed by atoms with van der Waals surface area (Å²) in [6.45, 7) is 9.60. The Morgan fingerprint density at radius 1 is 1.44 bits per heavy atom. The maximum Gasteiger partial charge on any atom is 0.416 e. The number of anilines is 1. The molecule has 0 bridgehead atoms. The normalized spacial score (nSPS) is 17.0. The Morgan fingerprint density at radius 3 is 2.50 bits per heavy atom. The summed E-state index contributed by atoms with van der Waals surface area (Å²) in [6, 6.07) is 1.35. The number of cyclic esters (lactones) is 1. The molecule has 1 aromatic rings. The minimum atomic E-state index is -0.601. The number of rotatable bonds is 1. The number of pyridine rings is 1. The van der Waals surface area contributed by atoms with E-state index in [4.69, 9.17) is 4.74 Å². The van der Waals surface area contributed by atoms with E-state index in [0.29, 0.717) is 12.1 Å². The molecule has 0 aromatic carbocycles. The highest BCUT2D eigenvalue weighted by Crippen LogP contribution is 2.27. The molecule has 0 saturated carbocycles. The summed E-state index contributed by atoms with van der Waals surface area (Å²) >= 11 is 0. The second kappa shape index (κ2) is 5.33. The van der Waals surface area contributed by atoms with Gasteiger partial charge in [0.15, 0.2) is 11.6 Å². The molecule has 1 fully saturated rings. The summed E-state index contributed by atoms with van der Waals surface area (Å²) in [5.74, 6) is -0.476. The van der Waals surface area contributed by atoms with Crippen molar-refractivity contribution in [3.05, 3.63) is 23.6 Å². The molecule has 4 nitrogen and oxygen atoms in total. The monoisotopic (exact) mass is 254 g/mol. The summed E-state index contributed by atoms with van der Waals surface area (Å²) in [6.07, 6.45) is 0.969. The molecular formula is C13H19FN2O2. The summed E-state index contributed by atoms with van der Waals surface area (Å²) in [5.41, 5.74) is 0.115. The maximum atomic E-state index is 13.6. The molecule has 0 radical (unpaired) electrons. The Kier molecular flexibility index (Phi) is 4.27. The number of carbonyl (C=O) groups excluding carboxylic acids is 1. The van der Waals surface area contributed by atoms with Crippen LogP contribution in [0.25, 0.3) is 0 Å². The highest BCUT2D eigenvalue weighted by atomic mass is 19.1. The largest absolute Gasteiger partial charge is 0.441 e. The first kappa shape index (κ1) is 14.4. The van der Waals surface area contributed by atoms with Gasteiger partial charge >= 0.3 is 6.09 Å². The van der Waals surface area contributed by atoms with E-state index in [1.807, 2.05) is 13.8 Å². The first-order valence-electron chi connectivity index (χ1n) is 6.02. The molecule has 18 heavy (non-hydrogen) atoms. The topological polar surface area (TPSA) is 42.4 Å². The van der Waals surface area contributed by atoms with Gasteiger partial charge in [-0.3, -0.25) is 4.90 Å². The van der Waals surface area contributed by atoms with Crippen molar-refractivity contribution in [1.29, 1.82) is 0 Å². The van der Waals surface area contributed by atoms with Crippen molar-refractivity contribution in [2.75, 3.05) is 11.4 Å². The molecule has 1 amide bonds. The summed E-state index contributed by atoms with van der Waals surface area (Å²) in [7, 11) is 0. The predicted octanol–water partition coefficient (Wildman–Crippen LogP) is 3.29. The number of aromatic nitrogens is 1. The molecule has 0 unspecified atom stereocenters. The number of aryl methyl sites for hydroxylation is 1. The van der Waals surface area contributed by atoms with E-state index in [9.17, 15) is 9.18 Å². The molecule has 1 aliphatic heterocycles. The van der Waals surface area contributed by atoms with Crippen LogP contribution in [0.3, 0.4) is 0 Å². The zero-order valence-electron chi connectivity index (χ0n) is 11.5. The van der Waals surface area contributed by atoms with Gasteiger partial charge < -0.3 is 4.74 Å². The lowest BCUT2D eigenvalue weighted by Crippen LogP contribution is -2.29. The number of ether oxygens (including phenoxy) is 1. The molecule has 2 rings (SSSR count). The molecule has 1 aliphatic rings. The molecule has 100 valence electrons. The Hall–Kier alpha value is -1.65. The van der Waals surface area contributed by atoms with E-state index in [2.05, 4.69) is 4.98 Å². The van der Waals surface area contributed by atoms with Gasteiger partial charge in [-0.05, 0) is 32.4 Å². The van der Waals surface area contributed by atoms with E-state index in [1.54, 1.807) is 20.8 Å². The van der Waals surface area contributed by atoms with Crippen LogP contribution in [0.15, 0.2) is 12.3 Å². The Balaban J connectivity index is 0.000000771. The van der Waals surface area contributed by atoms with Crippen LogP contribution in [-0.2, 0) is 4.74 Å². The Bertz CT molecular complexity index is 447. The third kappa shape index (κ3) is 2.97. The van der Waals surface area contributed by atoms with Crippen LogP contribution in [0.5, 0.6) is 0 Å². The molecular weight excluding hydrogens is 235 g/mol. The van der Waals surface area contributed by atoms with Crippen LogP contribution in [0.2, 0.25) is 0 Å². The van der Waals surface area contributed by atoms with Gasteiger partial charge in [-0.15, -0.1) is 0 Å². The zero-order valence-corrected chi connectivity index (χ0v) is 11.5. The Labute approximate surface area is 107 Å². The average molecular weight is 254 g/mol. The van der Waals surface area contributed by atoms with E-state index in [0.717, 1.165) is 0 Å². The van der Waals surface area contributed by atoms with Crippen molar-refractivity contribution in [2.45, 2.75) is 40.2 Å². The van der Waals surface area contributed by atoms with Crippen LogP contribution < -0.4 is 4.90 Å². The van der Waals surface area contributed by atoms with Gasteiger partial charge in [0.25, 0.3) is 0 Å². The van der Waals surface area contributed by atoms with Crippen LogP contribution >= 0.6 is 0 Å². The third-order valence-electron chi connectivity index (χ3n) is 2.34. The van der Waals surface area contributed by atoms with Crippen LogP contribution in [0, 0.1) is 12.7 Å².